The van der Waals surface area contributed by atoms with Crippen LogP contribution in [0.15, 0.2) is 29.3 Å². The minimum absolute atomic E-state index is 0.0971. The molecule has 7 nitrogen and oxygen atoms in total. The zero-order chi connectivity index (χ0) is 21.3. The summed E-state index contributed by atoms with van der Waals surface area (Å²) in [6.45, 7) is 5.36. The molecule has 2 saturated carbocycles. The Morgan fingerprint density at radius 2 is 1.90 bits per heavy atom. The lowest BCUT2D eigenvalue weighted by Crippen LogP contribution is -2.47. The fourth-order valence-electron chi connectivity index (χ4n) is 3.81. The van der Waals surface area contributed by atoms with Crippen LogP contribution in [0.5, 0.6) is 11.5 Å². The summed E-state index contributed by atoms with van der Waals surface area (Å²) in [7, 11) is 1.64. The number of benzene rings is 1. The number of guanidine groups is 1. The second-order valence-electron chi connectivity index (χ2n) is 8.29. The molecule has 30 heavy (non-hydrogen) atoms. The van der Waals surface area contributed by atoms with E-state index in [4.69, 9.17) is 14.5 Å². The highest BCUT2D eigenvalue weighted by Gasteiger charge is 2.31. The van der Waals surface area contributed by atoms with E-state index >= 15 is 0 Å². The van der Waals surface area contributed by atoms with Crippen molar-refractivity contribution in [1.82, 2.24) is 16.0 Å². The molecule has 2 fully saturated rings. The molecule has 3 unspecified atom stereocenters. The third-order valence-corrected chi connectivity index (χ3v) is 5.56. The van der Waals surface area contributed by atoms with Crippen molar-refractivity contribution in [1.29, 1.82) is 0 Å². The van der Waals surface area contributed by atoms with Crippen LogP contribution in [0.25, 0.3) is 0 Å². The number of aliphatic imine (C=N–C) groups is 1. The van der Waals surface area contributed by atoms with Crippen LogP contribution >= 0.6 is 0 Å². The van der Waals surface area contributed by atoms with E-state index in [1.54, 1.807) is 7.11 Å². The van der Waals surface area contributed by atoms with Crippen molar-refractivity contribution in [3.63, 3.8) is 0 Å². The summed E-state index contributed by atoms with van der Waals surface area (Å²) in [6.07, 6.45) is 6.13. The van der Waals surface area contributed by atoms with Gasteiger partial charge in [0.2, 0.25) is 5.91 Å². The van der Waals surface area contributed by atoms with E-state index < -0.39 is 0 Å². The maximum absolute atomic E-state index is 12.4. The molecule has 3 atom stereocenters. The van der Waals surface area contributed by atoms with Gasteiger partial charge in [0.25, 0.3) is 0 Å². The number of hydrogen-bond donors (Lipinski definition) is 3. The number of hydrogen-bond acceptors (Lipinski definition) is 4. The van der Waals surface area contributed by atoms with Crippen LogP contribution in [0.1, 0.15) is 52.4 Å². The molecule has 0 heterocycles. The summed E-state index contributed by atoms with van der Waals surface area (Å²) in [4.78, 5) is 17.2. The first-order chi connectivity index (χ1) is 14.6. The normalized spacial score (nSPS) is 22.7. The molecular weight excluding hydrogens is 380 g/mol. The minimum Gasteiger partial charge on any atom is -0.493 e. The molecule has 7 heteroatoms. The molecule has 1 amide bonds. The molecular formula is C23H36N4O3. The molecule has 2 aliphatic carbocycles. The van der Waals surface area contributed by atoms with Gasteiger partial charge in [-0.3, -0.25) is 4.79 Å². The first-order valence-electron chi connectivity index (χ1n) is 11.2. The fourth-order valence-corrected chi connectivity index (χ4v) is 3.81. The van der Waals surface area contributed by atoms with Crippen LogP contribution in [0.3, 0.4) is 0 Å². The molecule has 2 aliphatic rings. The lowest BCUT2D eigenvalue weighted by molar-refractivity contribution is -0.126. The Balaban J connectivity index is 1.52. The second-order valence-corrected chi connectivity index (χ2v) is 8.29. The first kappa shape index (κ1) is 22.2. The van der Waals surface area contributed by atoms with Crippen LogP contribution in [-0.4, -0.2) is 50.3 Å². The van der Waals surface area contributed by atoms with Gasteiger partial charge in [0.15, 0.2) is 17.5 Å². The maximum Gasteiger partial charge on any atom is 0.223 e. The van der Waals surface area contributed by atoms with Gasteiger partial charge in [0.1, 0.15) is 6.10 Å². The van der Waals surface area contributed by atoms with Crippen LogP contribution in [0.2, 0.25) is 0 Å². The Labute approximate surface area is 180 Å². The van der Waals surface area contributed by atoms with E-state index in [-0.39, 0.29) is 24.0 Å². The van der Waals surface area contributed by atoms with Gasteiger partial charge >= 0.3 is 0 Å². The van der Waals surface area contributed by atoms with Crippen LogP contribution in [-0.2, 0) is 4.79 Å². The van der Waals surface area contributed by atoms with Crippen LogP contribution in [0.4, 0.5) is 0 Å². The fraction of sp³-hybridized carbons (Fsp3) is 0.652. The van der Waals surface area contributed by atoms with E-state index in [1.807, 2.05) is 31.2 Å². The first-order valence-corrected chi connectivity index (χ1v) is 11.2. The van der Waals surface area contributed by atoms with E-state index in [0.717, 1.165) is 62.5 Å². The van der Waals surface area contributed by atoms with E-state index in [1.165, 1.54) is 0 Å². The van der Waals surface area contributed by atoms with Crippen molar-refractivity contribution in [2.75, 3.05) is 20.2 Å². The van der Waals surface area contributed by atoms with Crippen molar-refractivity contribution in [3.8, 4) is 11.5 Å². The summed E-state index contributed by atoms with van der Waals surface area (Å²) in [6, 6.07) is 8.32. The van der Waals surface area contributed by atoms with E-state index in [2.05, 4.69) is 22.9 Å². The highest BCUT2D eigenvalue weighted by molar-refractivity contribution is 5.81. The second kappa shape index (κ2) is 11.1. The molecule has 3 N–H and O–H groups in total. The standard InChI is InChI=1S/C23H36N4O3/c1-4-24-23(25-15-16(2)30-21-11-6-5-10-20(21)29-3)27-19-9-7-8-17(14-19)22(28)26-18-12-13-18/h5-6,10-11,16-19H,4,7-9,12-15H2,1-3H3,(H,26,28)(H2,24,25,27). The van der Waals surface area contributed by atoms with Gasteiger partial charge in [-0.05, 0) is 58.1 Å². The molecule has 0 bridgehead atoms. The number of carbonyl (C=O) groups is 1. The van der Waals surface area contributed by atoms with Crippen molar-refractivity contribution < 1.29 is 14.3 Å². The smallest absolute Gasteiger partial charge is 0.223 e. The Morgan fingerprint density at radius 3 is 2.60 bits per heavy atom. The number of nitrogens with zero attached hydrogens (tertiary/aromatic N) is 1. The minimum atomic E-state index is -0.0971. The number of rotatable bonds is 9. The predicted molar refractivity (Wildman–Crippen MR) is 119 cm³/mol. The number of carbonyl (C=O) groups excluding carboxylic acids is 1. The Bertz CT molecular complexity index is 720. The third-order valence-electron chi connectivity index (χ3n) is 5.56. The van der Waals surface area contributed by atoms with Gasteiger partial charge in [0, 0.05) is 24.5 Å². The van der Waals surface area contributed by atoms with E-state index in [0.29, 0.717) is 12.6 Å². The van der Waals surface area contributed by atoms with Crippen LogP contribution in [0, 0.1) is 5.92 Å². The maximum atomic E-state index is 12.4. The lowest BCUT2D eigenvalue weighted by Gasteiger charge is -2.30. The number of methoxy groups -OCH3 is 1. The van der Waals surface area contributed by atoms with Crippen molar-refractivity contribution in [2.24, 2.45) is 10.9 Å². The SMILES string of the molecule is CCNC(=NCC(C)Oc1ccccc1OC)NC1CCCC(C(=O)NC2CC2)C1. The Morgan fingerprint density at radius 1 is 1.13 bits per heavy atom. The summed E-state index contributed by atoms with van der Waals surface area (Å²) in [5.74, 6) is 2.55. The van der Waals surface area contributed by atoms with Crippen molar-refractivity contribution in [3.05, 3.63) is 24.3 Å². The highest BCUT2D eigenvalue weighted by atomic mass is 16.5. The number of nitrogens with one attached hydrogen (secondary N) is 3. The monoisotopic (exact) mass is 416 g/mol. The Kier molecular flexibility index (Phi) is 8.22. The molecule has 166 valence electrons. The number of para-hydroxylation sites is 2. The molecule has 1 aromatic rings. The van der Waals surface area contributed by atoms with Gasteiger partial charge in [-0.25, -0.2) is 4.99 Å². The van der Waals surface area contributed by atoms with Crippen molar-refractivity contribution in [2.45, 2.75) is 70.6 Å². The number of ether oxygens (including phenoxy) is 2. The third kappa shape index (κ3) is 6.82. The molecule has 0 radical (unpaired) electrons. The van der Waals surface area contributed by atoms with Crippen LogP contribution < -0.4 is 25.4 Å². The summed E-state index contributed by atoms with van der Waals surface area (Å²) < 4.78 is 11.4. The molecule has 0 aromatic heterocycles. The molecule has 0 aliphatic heterocycles. The van der Waals surface area contributed by atoms with Crippen molar-refractivity contribution >= 4 is 11.9 Å². The molecule has 0 spiro atoms. The summed E-state index contributed by atoms with van der Waals surface area (Å²) in [5, 5.41) is 10.0. The quantitative estimate of drug-likeness (QED) is 0.426. The van der Waals surface area contributed by atoms with Gasteiger partial charge in [0.05, 0.1) is 13.7 Å². The largest absolute Gasteiger partial charge is 0.493 e. The lowest BCUT2D eigenvalue weighted by atomic mass is 9.85. The van der Waals surface area contributed by atoms with Gasteiger partial charge in [-0.15, -0.1) is 0 Å². The molecule has 1 aromatic carbocycles. The highest BCUT2D eigenvalue weighted by Crippen LogP contribution is 2.28. The average Bonchev–Trinajstić information content (AvgIpc) is 3.57. The topological polar surface area (TPSA) is 84.0 Å². The molecule has 0 saturated heterocycles. The van der Waals surface area contributed by atoms with Gasteiger partial charge < -0.3 is 25.4 Å². The zero-order valence-electron chi connectivity index (χ0n) is 18.4. The molecule has 3 rings (SSSR count). The van der Waals surface area contributed by atoms with E-state index in [9.17, 15) is 4.79 Å². The summed E-state index contributed by atoms with van der Waals surface area (Å²) in [5.41, 5.74) is 0. The average molecular weight is 417 g/mol. The number of amides is 1. The predicted octanol–water partition coefficient (Wildman–Crippen LogP) is 2.86. The van der Waals surface area contributed by atoms with Gasteiger partial charge in [-0.2, -0.15) is 0 Å². The summed E-state index contributed by atoms with van der Waals surface area (Å²) >= 11 is 0. The van der Waals surface area contributed by atoms with Gasteiger partial charge in [-0.1, -0.05) is 18.6 Å². The zero-order valence-corrected chi connectivity index (χ0v) is 18.4. The Hall–Kier alpha value is -2.44.